The first-order valence-corrected chi connectivity index (χ1v) is 12.8. The number of benzene rings is 2. The van der Waals surface area contributed by atoms with E-state index in [-0.39, 0.29) is 0 Å². The van der Waals surface area contributed by atoms with Crippen molar-refractivity contribution in [3.05, 3.63) is 42.0 Å². The van der Waals surface area contributed by atoms with Crippen LogP contribution in [-0.2, 0) is 4.89 Å². The number of nitrogens with zero attached hydrogens (tertiary/aromatic N) is 1. The molecule has 33 heavy (non-hydrogen) atoms. The lowest BCUT2D eigenvalue weighted by Gasteiger charge is -2.41. The largest absolute Gasteiger partial charge is 0.497 e. The van der Waals surface area contributed by atoms with Crippen LogP contribution in [-0.4, -0.2) is 48.7 Å². The molecule has 0 spiro atoms. The second-order valence-electron chi connectivity index (χ2n) is 8.65. The molecule has 1 heterocycles. The molecule has 2 fully saturated rings. The summed E-state index contributed by atoms with van der Waals surface area (Å²) in [4.78, 5) is 6.97. The third kappa shape index (κ3) is 7.26. The minimum Gasteiger partial charge on any atom is -0.497 e. The normalized spacial score (nSPS) is 23.0. The van der Waals surface area contributed by atoms with Gasteiger partial charge in [-0.2, -0.15) is 0 Å². The first kappa shape index (κ1) is 27.3. The Balaban J connectivity index is 0.000000914. The monoisotopic (exact) mass is 456 g/mol. The molecule has 1 saturated heterocycles. The van der Waals surface area contributed by atoms with E-state index in [1.165, 1.54) is 12.8 Å². The van der Waals surface area contributed by atoms with Crippen molar-refractivity contribution in [2.24, 2.45) is 11.8 Å². The van der Waals surface area contributed by atoms with Crippen molar-refractivity contribution in [1.82, 2.24) is 4.90 Å². The van der Waals surface area contributed by atoms with Gasteiger partial charge in [0.15, 0.2) is 0 Å². The molecule has 184 valence electrons. The van der Waals surface area contributed by atoms with E-state index < -0.39 is 0 Å². The highest BCUT2D eigenvalue weighted by atomic mass is 17.1. The number of nitrogens with one attached hydrogen (secondary N) is 1. The topological polar surface area (TPSA) is 65.8 Å². The molecule has 1 unspecified atom stereocenters. The molecule has 2 N–H and O–H groups in total. The average molecular weight is 457 g/mol. The van der Waals surface area contributed by atoms with E-state index in [2.05, 4.69) is 34.1 Å². The molecule has 0 amide bonds. The van der Waals surface area contributed by atoms with Crippen LogP contribution < -0.4 is 4.74 Å². The predicted octanol–water partition coefficient (Wildman–Crippen LogP) is 7.03. The minimum absolute atomic E-state index is 0.304. The number of methoxy groups -OCH3 is 1. The van der Waals surface area contributed by atoms with Gasteiger partial charge in [-0.1, -0.05) is 45.9 Å². The van der Waals surface area contributed by atoms with Crippen LogP contribution in [0.5, 0.6) is 5.75 Å². The van der Waals surface area contributed by atoms with E-state index in [1.807, 2.05) is 39.8 Å². The molecule has 1 atom stereocenters. The highest BCUT2D eigenvalue weighted by Gasteiger charge is 2.31. The summed E-state index contributed by atoms with van der Waals surface area (Å²) >= 11 is 0. The summed E-state index contributed by atoms with van der Waals surface area (Å²) in [5.74, 6) is 1.66. The molecular formula is C28H44N2O3. The summed E-state index contributed by atoms with van der Waals surface area (Å²) in [5, 5.41) is 19.9. The summed E-state index contributed by atoms with van der Waals surface area (Å²) in [6.07, 6.45) is 6.86. The molecule has 0 aromatic heterocycles. The number of ether oxygens (including phenoxy) is 1. The molecule has 2 aromatic rings. The van der Waals surface area contributed by atoms with E-state index in [4.69, 9.17) is 15.4 Å². The zero-order valence-electron chi connectivity index (χ0n) is 21.3. The molecule has 1 aliphatic heterocycles. The summed E-state index contributed by atoms with van der Waals surface area (Å²) in [6.45, 7) is 10.6. The standard InChI is InChI=1S/C24H32N2O3.2C2H6/c1-28-23-11-8-18-13-20(7-6-19(18)14-23)24(25)21-3-2-12-26(15-21)22-9-4-17(5-10-22)16-29-27;2*1-2/h6-8,11,13-14,17,21-22,25,27H,2-5,9-10,12,15-16H2,1H3;2*1-2H3. The Morgan fingerprint density at radius 2 is 1.64 bits per heavy atom. The molecule has 0 bridgehead atoms. The van der Waals surface area contributed by atoms with Gasteiger partial charge >= 0.3 is 0 Å². The fourth-order valence-electron chi connectivity index (χ4n) is 5.11. The highest BCUT2D eigenvalue weighted by Crippen LogP contribution is 2.32. The number of hydrogen-bond acceptors (Lipinski definition) is 5. The van der Waals surface area contributed by atoms with Crippen molar-refractivity contribution in [3.63, 3.8) is 0 Å². The maximum absolute atomic E-state index is 8.87. The van der Waals surface area contributed by atoms with E-state index in [0.717, 1.165) is 66.6 Å². The van der Waals surface area contributed by atoms with Crippen molar-refractivity contribution in [2.45, 2.75) is 72.3 Å². The molecule has 2 aromatic carbocycles. The van der Waals surface area contributed by atoms with Crippen LogP contribution in [0.25, 0.3) is 10.8 Å². The second-order valence-corrected chi connectivity index (χ2v) is 8.65. The van der Waals surface area contributed by atoms with Crippen LogP contribution in [0.3, 0.4) is 0 Å². The summed E-state index contributed by atoms with van der Waals surface area (Å²) in [5.41, 5.74) is 1.81. The fourth-order valence-corrected chi connectivity index (χ4v) is 5.11. The maximum Gasteiger partial charge on any atom is 0.119 e. The van der Waals surface area contributed by atoms with Crippen LogP contribution in [0, 0.1) is 17.2 Å². The summed E-state index contributed by atoms with van der Waals surface area (Å²) < 4.78 is 5.32. The molecule has 5 nitrogen and oxygen atoms in total. The fraction of sp³-hybridized carbons (Fsp3) is 0.607. The Labute approximate surface area is 200 Å². The van der Waals surface area contributed by atoms with Gasteiger partial charge in [-0.15, -0.1) is 0 Å². The van der Waals surface area contributed by atoms with Crippen molar-refractivity contribution in [3.8, 4) is 5.75 Å². The predicted molar refractivity (Wildman–Crippen MR) is 139 cm³/mol. The van der Waals surface area contributed by atoms with E-state index in [0.29, 0.717) is 24.5 Å². The van der Waals surface area contributed by atoms with Gasteiger partial charge in [0.05, 0.1) is 13.7 Å². The number of rotatable bonds is 6. The smallest absolute Gasteiger partial charge is 0.119 e. The van der Waals surface area contributed by atoms with Crippen LogP contribution in [0.2, 0.25) is 0 Å². The van der Waals surface area contributed by atoms with Crippen molar-refractivity contribution in [2.75, 3.05) is 26.8 Å². The van der Waals surface area contributed by atoms with Gasteiger partial charge in [0.25, 0.3) is 0 Å². The number of piperidine rings is 1. The first-order chi connectivity index (χ1) is 16.2. The van der Waals surface area contributed by atoms with E-state index >= 15 is 0 Å². The average Bonchev–Trinajstić information content (AvgIpc) is 2.90. The first-order valence-electron chi connectivity index (χ1n) is 12.8. The molecule has 5 heteroatoms. The molecule has 0 radical (unpaired) electrons. The summed E-state index contributed by atoms with van der Waals surface area (Å²) in [6, 6.07) is 13.1. The van der Waals surface area contributed by atoms with Gasteiger partial charge in [-0.3, -0.25) is 10.2 Å². The maximum atomic E-state index is 8.87. The third-order valence-electron chi connectivity index (χ3n) is 6.86. The second kappa shape index (κ2) is 14.3. The van der Waals surface area contributed by atoms with Gasteiger partial charge in [-0.25, -0.2) is 4.89 Å². The molecular weight excluding hydrogens is 412 g/mol. The Hall–Kier alpha value is -1.95. The number of likely N-dealkylation sites (tertiary alicyclic amines) is 1. The minimum atomic E-state index is 0.304. The van der Waals surface area contributed by atoms with Gasteiger partial charge in [0.1, 0.15) is 5.75 Å². The summed E-state index contributed by atoms with van der Waals surface area (Å²) in [7, 11) is 1.69. The Bertz CT molecular complexity index is 846. The van der Waals surface area contributed by atoms with Crippen molar-refractivity contribution < 1.29 is 14.9 Å². The Morgan fingerprint density at radius 1 is 0.970 bits per heavy atom. The van der Waals surface area contributed by atoms with Gasteiger partial charge < -0.3 is 10.1 Å². The molecule has 1 saturated carbocycles. The van der Waals surface area contributed by atoms with E-state index in [1.54, 1.807) is 7.11 Å². The molecule has 2 aliphatic rings. The van der Waals surface area contributed by atoms with Gasteiger partial charge in [0.2, 0.25) is 0 Å². The van der Waals surface area contributed by atoms with Crippen LogP contribution in [0.4, 0.5) is 0 Å². The third-order valence-corrected chi connectivity index (χ3v) is 6.86. The van der Waals surface area contributed by atoms with Crippen molar-refractivity contribution in [1.29, 1.82) is 5.41 Å². The van der Waals surface area contributed by atoms with Crippen molar-refractivity contribution >= 4 is 16.5 Å². The molecule has 4 rings (SSSR count). The number of fused-ring (bicyclic) bond motifs is 1. The van der Waals surface area contributed by atoms with Crippen LogP contribution in [0.15, 0.2) is 36.4 Å². The zero-order chi connectivity index (χ0) is 24.2. The van der Waals surface area contributed by atoms with Crippen LogP contribution in [0.1, 0.15) is 71.8 Å². The highest BCUT2D eigenvalue weighted by molar-refractivity contribution is 6.03. The number of hydrogen-bond donors (Lipinski definition) is 2. The SMILES string of the molecule is CC.CC.COc1ccc2cc(C(=N)C3CCCN(C4CCC(COO)CC4)C3)ccc2c1. The van der Waals surface area contributed by atoms with Crippen LogP contribution >= 0.6 is 0 Å². The Kier molecular flexibility index (Phi) is 11.9. The lowest BCUT2D eigenvalue weighted by Crippen LogP contribution is -2.46. The van der Waals surface area contributed by atoms with E-state index in [9.17, 15) is 0 Å². The van der Waals surface area contributed by atoms with Gasteiger partial charge in [-0.05, 0) is 85.5 Å². The zero-order valence-corrected chi connectivity index (χ0v) is 21.3. The lowest BCUT2D eigenvalue weighted by molar-refractivity contribution is -0.252. The van der Waals surface area contributed by atoms with Gasteiger partial charge in [0, 0.05) is 24.2 Å². The Morgan fingerprint density at radius 3 is 2.30 bits per heavy atom. The quantitative estimate of drug-likeness (QED) is 0.278. The molecule has 1 aliphatic carbocycles. The lowest BCUT2D eigenvalue weighted by atomic mass is 9.83.